The zero-order valence-corrected chi connectivity index (χ0v) is 20.4. The SMILES string of the molecule is CCOCc1nc(C)c(-c2nnc(Cc3ccc(Cl)c(Oc4cc(Cl)cc(C#N)c4)c3F)o2)s1. The molecule has 0 aliphatic rings. The maximum absolute atomic E-state index is 15.3. The summed E-state index contributed by atoms with van der Waals surface area (Å²) in [6, 6.07) is 9.38. The van der Waals surface area contributed by atoms with Crippen molar-refractivity contribution in [3.63, 3.8) is 0 Å². The van der Waals surface area contributed by atoms with Crippen LogP contribution in [0.15, 0.2) is 34.7 Å². The van der Waals surface area contributed by atoms with Crippen LogP contribution in [0.3, 0.4) is 0 Å². The van der Waals surface area contributed by atoms with Gasteiger partial charge in [0.1, 0.15) is 15.6 Å². The Balaban J connectivity index is 1.57. The van der Waals surface area contributed by atoms with E-state index in [9.17, 15) is 0 Å². The van der Waals surface area contributed by atoms with E-state index in [0.717, 1.165) is 15.6 Å². The van der Waals surface area contributed by atoms with Gasteiger partial charge in [-0.2, -0.15) is 5.26 Å². The zero-order valence-electron chi connectivity index (χ0n) is 18.1. The first-order valence-corrected chi connectivity index (χ1v) is 11.7. The lowest BCUT2D eigenvalue weighted by Gasteiger charge is -2.11. The number of rotatable bonds is 8. The quantitative estimate of drug-likeness (QED) is 0.255. The molecule has 0 spiro atoms. The van der Waals surface area contributed by atoms with Gasteiger partial charge in [-0.15, -0.1) is 21.5 Å². The van der Waals surface area contributed by atoms with Gasteiger partial charge in [0.15, 0.2) is 11.6 Å². The topological polar surface area (TPSA) is 94.1 Å². The molecule has 2 heterocycles. The van der Waals surface area contributed by atoms with Crippen LogP contribution in [-0.2, 0) is 17.8 Å². The Morgan fingerprint density at radius 1 is 1.21 bits per heavy atom. The molecule has 0 unspecified atom stereocenters. The van der Waals surface area contributed by atoms with E-state index in [1.165, 1.54) is 41.7 Å². The zero-order chi connectivity index (χ0) is 24.2. The van der Waals surface area contributed by atoms with Crippen LogP contribution in [0.5, 0.6) is 11.5 Å². The molecular formula is C23H17Cl2FN4O3S. The van der Waals surface area contributed by atoms with Crippen LogP contribution in [0.1, 0.15) is 34.6 Å². The van der Waals surface area contributed by atoms with Crippen LogP contribution in [0.4, 0.5) is 4.39 Å². The first-order valence-electron chi connectivity index (χ1n) is 10.1. The molecule has 0 atom stereocenters. The third-order valence-electron chi connectivity index (χ3n) is 4.62. The van der Waals surface area contributed by atoms with Crippen LogP contribution in [-0.4, -0.2) is 21.8 Å². The maximum atomic E-state index is 15.3. The minimum Gasteiger partial charge on any atom is -0.453 e. The Hall–Kier alpha value is -3.03. The Bertz CT molecular complexity index is 1380. The lowest BCUT2D eigenvalue weighted by molar-refractivity contribution is 0.134. The van der Waals surface area contributed by atoms with Crippen molar-refractivity contribution < 1.29 is 18.3 Å². The lowest BCUT2D eigenvalue weighted by Crippen LogP contribution is -1.98. The second-order valence-corrected chi connectivity index (χ2v) is 9.00. The normalized spacial score (nSPS) is 10.9. The molecule has 2 aromatic heterocycles. The highest BCUT2D eigenvalue weighted by atomic mass is 35.5. The van der Waals surface area contributed by atoms with Crippen molar-refractivity contribution in [2.45, 2.75) is 26.9 Å². The molecule has 0 saturated heterocycles. The summed E-state index contributed by atoms with van der Waals surface area (Å²) in [5, 5.41) is 18.4. The van der Waals surface area contributed by atoms with E-state index >= 15 is 4.39 Å². The van der Waals surface area contributed by atoms with E-state index in [1.54, 1.807) is 0 Å². The molecule has 11 heteroatoms. The van der Waals surface area contributed by atoms with Crippen molar-refractivity contribution >= 4 is 34.5 Å². The molecule has 174 valence electrons. The van der Waals surface area contributed by atoms with Gasteiger partial charge in [0.05, 0.1) is 35.4 Å². The summed E-state index contributed by atoms with van der Waals surface area (Å²) in [5.74, 6) is -0.161. The van der Waals surface area contributed by atoms with Gasteiger partial charge in [-0.3, -0.25) is 0 Å². The van der Waals surface area contributed by atoms with E-state index in [-0.39, 0.29) is 45.0 Å². The molecule has 0 saturated carbocycles. The van der Waals surface area contributed by atoms with Gasteiger partial charge in [-0.1, -0.05) is 29.3 Å². The molecule has 0 aliphatic heterocycles. The Morgan fingerprint density at radius 2 is 2.03 bits per heavy atom. The highest BCUT2D eigenvalue weighted by Crippen LogP contribution is 2.36. The molecule has 4 aromatic rings. The van der Waals surface area contributed by atoms with Gasteiger partial charge in [0, 0.05) is 17.2 Å². The van der Waals surface area contributed by atoms with Gasteiger partial charge in [0.25, 0.3) is 5.89 Å². The number of aryl methyl sites for hydroxylation is 1. The second kappa shape index (κ2) is 10.5. The molecule has 0 radical (unpaired) electrons. The monoisotopic (exact) mass is 518 g/mol. The summed E-state index contributed by atoms with van der Waals surface area (Å²) >= 11 is 13.6. The summed E-state index contributed by atoms with van der Waals surface area (Å²) in [4.78, 5) is 5.20. The van der Waals surface area contributed by atoms with E-state index < -0.39 is 5.82 Å². The number of nitriles is 1. The predicted octanol–water partition coefficient (Wildman–Crippen LogP) is 6.74. The van der Waals surface area contributed by atoms with Crippen molar-refractivity contribution in [2.24, 2.45) is 0 Å². The molecule has 2 aromatic carbocycles. The van der Waals surface area contributed by atoms with Gasteiger partial charge in [-0.05, 0) is 38.1 Å². The van der Waals surface area contributed by atoms with Crippen LogP contribution in [0.2, 0.25) is 10.0 Å². The highest BCUT2D eigenvalue weighted by Gasteiger charge is 2.20. The van der Waals surface area contributed by atoms with Crippen LogP contribution in [0.25, 0.3) is 10.8 Å². The number of hydrogen-bond acceptors (Lipinski definition) is 8. The summed E-state index contributed by atoms with van der Waals surface area (Å²) in [7, 11) is 0. The number of nitrogens with zero attached hydrogens (tertiary/aromatic N) is 4. The van der Waals surface area contributed by atoms with Gasteiger partial charge < -0.3 is 13.9 Å². The van der Waals surface area contributed by atoms with Crippen molar-refractivity contribution in [1.29, 1.82) is 5.26 Å². The molecule has 34 heavy (non-hydrogen) atoms. The molecular weight excluding hydrogens is 502 g/mol. The number of benzene rings is 2. The summed E-state index contributed by atoms with van der Waals surface area (Å²) < 4.78 is 32.1. The summed E-state index contributed by atoms with van der Waals surface area (Å²) in [6.45, 7) is 4.76. The smallest absolute Gasteiger partial charge is 0.259 e. The largest absolute Gasteiger partial charge is 0.453 e. The first-order chi connectivity index (χ1) is 16.4. The van der Waals surface area contributed by atoms with E-state index in [1.807, 2.05) is 19.9 Å². The molecule has 0 N–H and O–H groups in total. The average Bonchev–Trinajstić information content (AvgIpc) is 3.42. The molecule has 0 fully saturated rings. The maximum Gasteiger partial charge on any atom is 0.259 e. The van der Waals surface area contributed by atoms with Gasteiger partial charge >= 0.3 is 0 Å². The molecule has 0 amide bonds. The van der Waals surface area contributed by atoms with Gasteiger partial charge in [0.2, 0.25) is 5.89 Å². The third-order valence-corrected chi connectivity index (χ3v) is 6.26. The fourth-order valence-corrected chi connectivity index (χ4v) is 4.42. The molecule has 7 nitrogen and oxygen atoms in total. The Kier molecular flexibility index (Phi) is 7.44. The molecule has 0 bridgehead atoms. The lowest BCUT2D eigenvalue weighted by atomic mass is 10.1. The summed E-state index contributed by atoms with van der Waals surface area (Å²) in [5.41, 5.74) is 1.27. The van der Waals surface area contributed by atoms with E-state index in [0.29, 0.717) is 19.1 Å². The van der Waals surface area contributed by atoms with Crippen molar-refractivity contribution in [1.82, 2.24) is 15.2 Å². The average molecular weight is 519 g/mol. The highest BCUT2D eigenvalue weighted by molar-refractivity contribution is 7.15. The fraction of sp³-hybridized carbons (Fsp3) is 0.217. The number of thiazole rings is 1. The Morgan fingerprint density at radius 3 is 2.79 bits per heavy atom. The third kappa shape index (κ3) is 5.37. The summed E-state index contributed by atoms with van der Waals surface area (Å²) in [6.07, 6.45) is 0.0228. The van der Waals surface area contributed by atoms with Crippen molar-refractivity contribution in [3.8, 4) is 28.3 Å². The number of halogens is 3. The molecule has 4 rings (SSSR count). The van der Waals surface area contributed by atoms with Gasteiger partial charge in [-0.25, -0.2) is 9.37 Å². The minimum absolute atomic E-state index is 0.0228. The first kappa shape index (κ1) is 24.1. The van der Waals surface area contributed by atoms with Crippen LogP contribution >= 0.6 is 34.5 Å². The second-order valence-electron chi connectivity index (χ2n) is 7.08. The standard InChI is InChI=1S/C23H17Cl2FN4O3S/c1-3-31-11-19-28-12(2)22(34-19)23-30-29-18(33-23)8-14-4-5-17(25)21(20(14)26)32-16-7-13(10-27)6-15(24)9-16/h4-7,9H,3,8,11H2,1-2H3. The number of ether oxygens (including phenoxy) is 2. The predicted molar refractivity (Wildman–Crippen MR) is 126 cm³/mol. The Labute approximate surface area is 208 Å². The van der Waals surface area contributed by atoms with Crippen LogP contribution in [0, 0.1) is 24.1 Å². The molecule has 0 aliphatic carbocycles. The minimum atomic E-state index is -0.682. The fourth-order valence-electron chi connectivity index (χ4n) is 3.09. The number of aromatic nitrogens is 3. The van der Waals surface area contributed by atoms with Crippen molar-refractivity contribution in [3.05, 3.63) is 73.9 Å². The van der Waals surface area contributed by atoms with Crippen LogP contribution < -0.4 is 4.74 Å². The van der Waals surface area contributed by atoms with E-state index in [4.69, 9.17) is 42.4 Å². The van der Waals surface area contributed by atoms with Crippen molar-refractivity contribution in [2.75, 3.05) is 6.61 Å². The number of hydrogen-bond donors (Lipinski definition) is 0. The van der Waals surface area contributed by atoms with E-state index in [2.05, 4.69) is 15.2 Å².